The van der Waals surface area contributed by atoms with Gasteiger partial charge in [-0.1, -0.05) is 25.5 Å². The van der Waals surface area contributed by atoms with Gasteiger partial charge in [0.1, 0.15) is 16.5 Å². The number of nitrogens with one attached hydrogen (secondary N) is 2. The van der Waals surface area contributed by atoms with Crippen LogP contribution in [0.3, 0.4) is 0 Å². The molecule has 2 aromatic heterocycles. The number of hydrogen-bond acceptors (Lipinski definition) is 5. The van der Waals surface area contributed by atoms with Crippen LogP contribution in [-0.4, -0.2) is 21.9 Å². The number of carbonyl (C=O) groups excluding carboxylic acids is 1. The maximum absolute atomic E-state index is 12.8. The van der Waals surface area contributed by atoms with Crippen molar-refractivity contribution >= 4 is 33.3 Å². The lowest BCUT2D eigenvalue weighted by molar-refractivity contribution is 0.0915. The Morgan fingerprint density at radius 2 is 2.00 bits per heavy atom. The average Bonchev–Trinajstić information content (AvgIpc) is 3.53. The first-order chi connectivity index (χ1) is 15.5. The Morgan fingerprint density at radius 1 is 1.19 bits per heavy atom. The molecular weight excluding hydrogens is 416 g/mol. The number of aromatic nitrogens is 2. The van der Waals surface area contributed by atoms with Gasteiger partial charge in [0, 0.05) is 23.0 Å². The number of amides is 1. The van der Waals surface area contributed by atoms with Crippen LogP contribution in [0.15, 0.2) is 30.3 Å². The molecule has 2 heterocycles. The highest BCUT2D eigenvalue weighted by Gasteiger charge is 2.42. The van der Waals surface area contributed by atoms with E-state index in [-0.39, 0.29) is 11.9 Å². The zero-order valence-electron chi connectivity index (χ0n) is 19.1. The van der Waals surface area contributed by atoms with E-state index in [1.165, 1.54) is 30.6 Å². The maximum atomic E-state index is 12.8. The maximum Gasteiger partial charge on any atom is 0.251 e. The van der Waals surface area contributed by atoms with Gasteiger partial charge in [0.05, 0.1) is 5.39 Å². The second-order valence-electron chi connectivity index (χ2n) is 9.56. The van der Waals surface area contributed by atoms with Crippen LogP contribution in [0.1, 0.15) is 66.2 Å². The molecule has 0 spiro atoms. The van der Waals surface area contributed by atoms with Crippen LogP contribution in [0, 0.1) is 24.7 Å². The van der Waals surface area contributed by atoms with Gasteiger partial charge in [-0.2, -0.15) is 0 Å². The molecule has 168 valence electrons. The van der Waals surface area contributed by atoms with E-state index in [2.05, 4.69) is 40.5 Å². The van der Waals surface area contributed by atoms with Gasteiger partial charge in [-0.3, -0.25) is 4.79 Å². The number of thiophene rings is 1. The molecule has 5 rings (SSSR count). The molecule has 4 atom stereocenters. The highest BCUT2D eigenvalue weighted by molar-refractivity contribution is 7.18. The van der Waals surface area contributed by atoms with Gasteiger partial charge in [0.25, 0.3) is 5.91 Å². The van der Waals surface area contributed by atoms with Crippen molar-refractivity contribution in [3.8, 4) is 0 Å². The summed E-state index contributed by atoms with van der Waals surface area (Å²) in [5.41, 5.74) is 1.85. The predicted octanol–water partition coefficient (Wildman–Crippen LogP) is 5.73. The topological polar surface area (TPSA) is 66.9 Å². The molecule has 2 bridgehead atoms. The molecular formula is C26H32N4OS. The lowest BCUT2D eigenvalue weighted by Crippen LogP contribution is -2.40. The Morgan fingerprint density at radius 3 is 2.69 bits per heavy atom. The zero-order chi connectivity index (χ0) is 22.2. The van der Waals surface area contributed by atoms with Crippen LogP contribution in [0.25, 0.3) is 10.2 Å². The van der Waals surface area contributed by atoms with Gasteiger partial charge in [0.2, 0.25) is 0 Å². The van der Waals surface area contributed by atoms with Crippen molar-refractivity contribution in [1.29, 1.82) is 0 Å². The highest BCUT2D eigenvalue weighted by atomic mass is 32.1. The number of rotatable bonds is 7. The summed E-state index contributed by atoms with van der Waals surface area (Å²) in [6, 6.07) is 10.4. The molecule has 2 aliphatic rings. The fraction of sp³-hybridized carbons (Fsp3) is 0.500. The molecule has 2 fully saturated rings. The van der Waals surface area contributed by atoms with Crippen molar-refractivity contribution in [3.05, 3.63) is 52.2 Å². The molecule has 2 aliphatic carbocycles. The van der Waals surface area contributed by atoms with Gasteiger partial charge in [0.15, 0.2) is 0 Å². The second-order valence-corrected chi connectivity index (χ2v) is 10.7. The van der Waals surface area contributed by atoms with Crippen molar-refractivity contribution in [1.82, 2.24) is 15.3 Å². The first kappa shape index (κ1) is 21.4. The third-order valence-corrected chi connectivity index (χ3v) is 8.55. The fourth-order valence-electron chi connectivity index (χ4n) is 5.65. The number of aryl methyl sites for hydroxylation is 2. The molecule has 0 aliphatic heterocycles. The number of benzene rings is 1. The summed E-state index contributed by atoms with van der Waals surface area (Å²) in [7, 11) is 0. The van der Waals surface area contributed by atoms with Crippen molar-refractivity contribution < 1.29 is 4.79 Å². The Labute approximate surface area is 194 Å². The second kappa shape index (κ2) is 8.81. The first-order valence-corrected chi connectivity index (χ1v) is 12.7. The summed E-state index contributed by atoms with van der Waals surface area (Å²) in [6.45, 7) is 6.93. The number of carbonyl (C=O) groups is 1. The molecule has 1 aromatic carbocycles. The predicted molar refractivity (Wildman–Crippen MR) is 131 cm³/mol. The van der Waals surface area contributed by atoms with Crippen LogP contribution in [0.5, 0.6) is 0 Å². The van der Waals surface area contributed by atoms with E-state index in [9.17, 15) is 4.79 Å². The minimum Gasteiger partial charge on any atom is -0.365 e. The molecule has 6 heteroatoms. The Balaban J connectivity index is 1.21. The molecule has 2 N–H and O–H groups in total. The summed E-state index contributed by atoms with van der Waals surface area (Å²) in [6.07, 6.45) is 6.40. The quantitative estimate of drug-likeness (QED) is 0.484. The van der Waals surface area contributed by atoms with Crippen LogP contribution >= 0.6 is 11.3 Å². The first-order valence-electron chi connectivity index (χ1n) is 11.9. The molecule has 1 amide bonds. The van der Waals surface area contributed by atoms with Crippen LogP contribution in [0.4, 0.5) is 5.82 Å². The Kier molecular flexibility index (Phi) is 5.89. The summed E-state index contributed by atoms with van der Waals surface area (Å²) >= 11 is 1.73. The largest absolute Gasteiger partial charge is 0.365 e. The molecule has 3 aromatic rings. The molecule has 0 radical (unpaired) electrons. The van der Waals surface area contributed by atoms with Crippen LogP contribution in [-0.2, 0) is 13.0 Å². The fourth-order valence-corrected chi connectivity index (χ4v) is 6.66. The number of nitrogens with zero attached hydrogens (tertiary/aromatic N) is 2. The van der Waals surface area contributed by atoms with E-state index >= 15 is 0 Å². The monoisotopic (exact) mass is 448 g/mol. The van der Waals surface area contributed by atoms with E-state index in [0.717, 1.165) is 51.2 Å². The van der Waals surface area contributed by atoms with Crippen molar-refractivity contribution in [3.63, 3.8) is 0 Å². The minimum atomic E-state index is 0.0401. The van der Waals surface area contributed by atoms with Crippen molar-refractivity contribution in [2.75, 3.05) is 5.32 Å². The van der Waals surface area contributed by atoms with Gasteiger partial charge in [-0.25, -0.2) is 9.97 Å². The van der Waals surface area contributed by atoms with Gasteiger partial charge in [-0.05, 0) is 81.0 Å². The molecule has 0 saturated heterocycles. The van der Waals surface area contributed by atoms with E-state index in [4.69, 9.17) is 0 Å². The van der Waals surface area contributed by atoms with Gasteiger partial charge >= 0.3 is 0 Å². The lowest BCUT2D eigenvalue weighted by Gasteiger charge is -2.28. The van der Waals surface area contributed by atoms with Crippen LogP contribution in [0.2, 0.25) is 0 Å². The molecule has 2 saturated carbocycles. The zero-order valence-corrected chi connectivity index (χ0v) is 20.0. The average molecular weight is 449 g/mol. The smallest absolute Gasteiger partial charge is 0.251 e. The summed E-state index contributed by atoms with van der Waals surface area (Å²) < 4.78 is 0. The lowest BCUT2D eigenvalue weighted by atomic mass is 9.84. The minimum absolute atomic E-state index is 0.0401. The molecule has 5 nitrogen and oxygen atoms in total. The summed E-state index contributed by atoms with van der Waals surface area (Å²) in [4.78, 5) is 24.3. The van der Waals surface area contributed by atoms with Gasteiger partial charge < -0.3 is 10.6 Å². The van der Waals surface area contributed by atoms with E-state index in [1.807, 2.05) is 31.2 Å². The Hall–Kier alpha value is -2.47. The normalized spacial score (nSPS) is 22.9. The van der Waals surface area contributed by atoms with E-state index in [0.29, 0.717) is 12.5 Å². The van der Waals surface area contributed by atoms with Gasteiger partial charge in [-0.15, -0.1) is 11.3 Å². The summed E-state index contributed by atoms with van der Waals surface area (Å²) in [5.74, 6) is 4.07. The molecule has 32 heavy (non-hydrogen) atoms. The third kappa shape index (κ3) is 4.25. The number of fused-ring (bicyclic) bond motifs is 3. The summed E-state index contributed by atoms with van der Waals surface area (Å²) in [5, 5.41) is 7.82. The highest BCUT2D eigenvalue weighted by Crippen LogP contribution is 2.49. The van der Waals surface area contributed by atoms with E-state index in [1.54, 1.807) is 11.3 Å². The van der Waals surface area contributed by atoms with E-state index < -0.39 is 0 Å². The van der Waals surface area contributed by atoms with Crippen molar-refractivity contribution in [2.45, 2.75) is 65.5 Å². The van der Waals surface area contributed by atoms with Crippen LogP contribution < -0.4 is 10.6 Å². The molecule has 4 unspecified atom stereocenters. The van der Waals surface area contributed by atoms with Crippen molar-refractivity contribution in [2.24, 2.45) is 17.8 Å². The standard InChI is InChI=1S/C26H32N4OS/c1-4-21-13-23-24(29-16(3)30-26(23)32-21)27-14-17-5-8-19(9-6-17)25(31)28-15(2)22-12-18-7-10-20(22)11-18/h5-6,8-9,13,15,18,20,22H,4,7,10-12,14H2,1-3H3,(H,28,31)(H,27,29,30). The number of hydrogen-bond donors (Lipinski definition) is 2. The SMILES string of the molecule is CCc1cc2c(NCc3ccc(C(=O)NC(C)C4CC5CCC4C5)cc3)nc(C)nc2s1. The Bertz CT molecular complexity index is 1120. The number of anilines is 1. The third-order valence-electron chi connectivity index (χ3n) is 7.37.